The van der Waals surface area contributed by atoms with Gasteiger partial charge in [0.2, 0.25) is 5.91 Å². The van der Waals surface area contributed by atoms with Gasteiger partial charge in [-0.2, -0.15) is 0 Å². The van der Waals surface area contributed by atoms with E-state index in [4.69, 9.17) is 24.4 Å². The third-order valence-corrected chi connectivity index (χ3v) is 4.22. The molecule has 0 bridgehead atoms. The summed E-state index contributed by atoms with van der Waals surface area (Å²) in [6, 6.07) is 5.97. The van der Waals surface area contributed by atoms with Crippen LogP contribution in [0.25, 0.3) is 11.0 Å². The van der Waals surface area contributed by atoms with Crippen molar-refractivity contribution >= 4 is 22.6 Å². The first-order valence-electron chi connectivity index (χ1n) is 9.68. The second-order valence-corrected chi connectivity index (χ2v) is 7.18. The second kappa shape index (κ2) is 11.7. The Kier molecular flexibility index (Phi) is 9.27. The Morgan fingerprint density at radius 3 is 2.59 bits per heavy atom. The number of nitrogens with two attached hydrogens (primary N) is 1. The highest BCUT2D eigenvalue weighted by molar-refractivity contribution is 5.96. The van der Waals surface area contributed by atoms with Crippen molar-refractivity contribution in [1.29, 1.82) is 0 Å². The molecule has 8 heteroatoms. The summed E-state index contributed by atoms with van der Waals surface area (Å²) in [6.45, 7) is 6.14. The Bertz CT molecular complexity index is 849. The molecule has 0 saturated heterocycles. The largest absolute Gasteiger partial charge is 0.423 e. The Hall–Kier alpha value is -2.26. The number of carbonyl (C=O) groups is 1. The molecule has 3 N–H and O–H groups in total. The van der Waals surface area contributed by atoms with Gasteiger partial charge in [0.1, 0.15) is 5.58 Å². The maximum Gasteiger partial charge on any atom is 0.336 e. The van der Waals surface area contributed by atoms with Crippen LogP contribution in [0.3, 0.4) is 0 Å². The van der Waals surface area contributed by atoms with Crippen molar-refractivity contribution < 1.29 is 23.4 Å². The van der Waals surface area contributed by atoms with Crippen molar-refractivity contribution in [1.82, 2.24) is 0 Å². The van der Waals surface area contributed by atoms with E-state index >= 15 is 0 Å². The summed E-state index contributed by atoms with van der Waals surface area (Å²) >= 11 is 0. The number of nitrogens with one attached hydrogen (secondary N) is 1. The van der Waals surface area contributed by atoms with Crippen molar-refractivity contribution in [3.63, 3.8) is 0 Å². The second-order valence-electron chi connectivity index (χ2n) is 7.18. The Balaban J connectivity index is 2.02. The predicted octanol–water partition coefficient (Wildman–Crippen LogP) is 2.28. The Morgan fingerprint density at radius 2 is 1.86 bits per heavy atom. The molecule has 29 heavy (non-hydrogen) atoms. The van der Waals surface area contributed by atoms with E-state index in [9.17, 15) is 9.59 Å². The van der Waals surface area contributed by atoms with Gasteiger partial charge in [0.15, 0.2) is 0 Å². The van der Waals surface area contributed by atoms with Gasteiger partial charge in [-0.25, -0.2) is 4.79 Å². The number of anilines is 1. The first kappa shape index (κ1) is 23.0. The number of amides is 1. The van der Waals surface area contributed by atoms with E-state index in [1.165, 1.54) is 6.07 Å². The lowest BCUT2D eigenvalue weighted by Crippen LogP contribution is -2.36. The van der Waals surface area contributed by atoms with Crippen molar-refractivity contribution in [3.05, 3.63) is 40.2 Å². The zero-order valence-corrected chi connectivity index (χ0v) is 17.2. The highest BCUT2D eigenvalue weighted by atomic mass is 16.5. The van der Waals surface area contributed by atoms with Gasteiger partial charge in [0.05, 0.1) is 39.1 Å². The molecule has 0 radical (unpaired) electrons. The van der Waals surface area contributed by atoms with Gasteiger partial charge in [-0.3, -0.25) is 4.79 Å². The fourth-order valence-corrected chi connectivity index (χ4v) is 2.82. The molecular weight excluding hydrogens is 376 g/mol. The van der Waals surface area contributed by atoms with Gasteiger partial charge >= 0.3 is 5.63 Å². The predicted molar refractivity (Wildman–Crippen MR) is 111 cm³/mol. The first-order chi connectivity index (χ1) is 13.9. The average Bonchev–Trinajstić information content (AvgIpc) is 2.66. The van der Waals surface area contributed by atoms with Crippen LogP contribution in [0.5, 0.6) is 0 Å². The number of hydrogen-bond donors (Lipinski definition) is 2. The van der Waals surface area contributed by atoms with Gasteiger partial charge in [0.25, 0.3) is 0 Å². The van der Waals surface area contributed by atoms with Crippen LogP contribution in [0.4, 0.5) is 5.69 Å². The molecule has 2 aromatic rings. The lowest BCUT2D eigenvalue weighted by atomic mass is 10.0. The quantitative estimate of drug-likeness (QED) is 0.411. The third-order valence-electron chi connectivity index (χ3n) is 4.22. The molecule has 1 aromatic carbocycles. The SMILES string of the molecule is COCCOCCOCc1cc(=O)oc2cc(NC(=O)C(N)CC(C)C)ccc12. The van der Waals surface area contributed by atoms with Gasteiger partial charge < -0.3 is 29.7 Å². The van der Waals surface area contributed by atoms with Crippen LogP contribution in [0, 0.1) is 5.92 Å². The van der Waals surface area contributed by atoms with Crippen LogP contribution in [0.2, 0.25) is 0 Å². The average molecular weight is 406 g/mol. The molecule has 1 unspecified atom stereocenters. The third kappa shape index (κ3) is 7.58. The van der Waals surface area contributed by atoms with Gasteiger partial charge in [-0.1, -0.05) is 13.8 Å². The number of carbonyl (C=O) groups excluding carboxylic acids is 1. The summed E-state index contributed by atoms with van der Waals surface area (Å²) in [6.07, 6.45) is 0.588. The molecule has 1 aromatic heterocycles. The molecule has 0 aliphatic rings. The van der Waals surface area contributed by atoms with Crippen LogP contribution in [-0.4, -0.2) is 45.5 Å². The summed E-state index contributed by atoms with van der Waals surface area (Å²) in [4.78, 5) is 24.1. The van der Waals surface area contributed by atoms with Crippen LogP contribution >= 0.6 is 0 Å². The molecule has 0 fully saturated rings. The summed E-state index contributed by atoms with van der Waals surface area (Å²) in [7, 11) is 1.61. The summed E-state index contributed by atoms with van der Waals surface area (Å²) in [5.74, 6) is 0.0478. The molecule has 1 heterocycles. The number of rotatable bonds is 12. The van der Waals surface area contributed by atoms with Gasteiger partial charge in [0, 0.05) is 30.3 Å². The molecule has 1 amide bonds. The molecule has 160 valence electrons. The monoisotopic (exact) mass is 406 g/mol. The Morgan fingerprint density at radius 1 is 1.14 bits per heavy atom. The fourth-order valence-electron chi connectivity index (χ4n) is 2.82. The molecule has 0 aliphatic carbocycles. The van der Waals surface area contributed by atoms with E-state index in [1.54, 1.807) is 25.3 Å². The van der Waals surface area contributed by atoms with Crippen LogP contribution in [0.15, 0.2) is 33.5 Å². The van der Waals surface area contributed by atoms with Crippen molar-refractivity contribution in [2.45, 2.75) is 32.9 Å². The normalized spacial score (nSPS) is 12.4. The highest BCUT2D eigenvalue weighted by Crippen LogP contribution is 2.22. The van der Waals surface area contributed by atoms with E-state index < -0.39 is 11.7 Å². The number of fused-ring (bicyclic) bond motifs is 1. The molecular formula is C21H30N2O6. The van der Waals surface area contributed by atoms with Gasteiger partial charge in [-0.15, -0.1) is 0 Å². The minimum atomic E-state index is -0.594. The Labute approximate surface area is 170 Å². The lowest BCUT2D eigenvalue weighted by Gasteiger charge is -2.14. The molecule has 1 atom stereocenters. The van der Waals surface area contributed by atoms with Crippen LogP contribution < -0.4 is 16.7 Å². The lowest BCUT2D eigenvalue weighted by molar-refractivity contribution is -0.117. The molecule has 0 aliphatic heterocycles. The van der Waals surface area contributed by atoms with Crippen molar-refractivity contribution in [2.24, 2.45) is 11.7 Å². The standard InChI is InChI=1S/C21H30N2O6/c1-14(2)10-18(22)21(25)23-16-4-5-17-15(11-20(24)29-19(17)12-16)13-28-9-8-27-7-6-26-3/h4-5,11-12,14,18H,6-10,13,22H2,1-3H3,(H,23,25). The summed E-state index contributed by atoms with van der Waals surface area (Å²) in [5.41, 5.74) is 7.05. The number of ether oxygens (including phenoxy) is 3. The van der Waals surface area contributed by atoms with Gasteiger partial charge in [-0.05, 0) is 30.0 Å². The fraction of sp³-hybridized carbons (Fsp3) is 0.524. The minimum Gasteiger partial charge on any atom is -0.423 e. The van der Waals surface area contributed by atoms with E-state index in [2.05, 4.69) is 5.32 Å². The van der Waals surface area contributed by atoms with Crippen molar-refractivity contribution in [2.75, 3.05) is 38.9 Å². The molecule has 0 spiro atoms. The van der Waals surface area contributed by atoms with E-state index in [1.807, 2.05) is 13.8 Å². The summed E-state index contributed by atoms with van der Waals surface area (Å²) < 4.78 is 21.1. The van der Waals surface area contributed by atoms with Crippen molar-refractivity contribution in [3.8, 4) is 0 Å². The van der Waals surface area contributed by atoms with E-state index in [0.717, 1.165) is 5.39 Å². The zero-order valence-electron chi connectivity index (χ0n) is 17.2. The van der Waals surface area contributed by atoms with Crippen LogP contribution in [-0.2, 0) is 25.6 Å². The van der Waals surface area contributed by atoms with E-state index in [0.29, 0.717) is 55.6 Å². The minimum absolute atomic E-state index is 0.251. The topological polar surface area (TPSA) is 113 Å². The van der Waals surface area contributed by atoms with E-state index in [-0.39, 0.29) is 12.5 Å². The molecule has 2 rings (SSSR count). The number of benzene rings is 1. The van der Waals surface area contributed by atoms with Crippen LogP contribution in [0.1, 0.15) is 25.8 Å². The number of methoxy groups -OCH3 is 1. The maximum atomic E-state index is 12.2. The molecule has 8 nitrogen and oxygen atoms in total. The smallest absolute Gasteiger partial charge is 0.336 e. The number of hydrogen-bond acceptors (Lipinski definition) is 7. The summed E-state index contributed by atoms with van der Waals surface area (Å²) in [5, 5.41) is 3.52. The first-order valence-corrected chi connectivity index (χ1v) is 9.68. The zero-order chi connectivity index (χ0) is 21.2. The maximum absolute atomic E-state index is 12.2. The molecule has 0 saturated carbocycles. The highest BCUT2D eigenvalue weighted by Gasteiger charge is 2.16.